The van der Waals surface area contributed by atoms with Crippen LogP contribution in [0.15, 0.2) is 0 Å². The van der Waals surface area contributed by atoms with Crippen LogP contribution in [-0.4, -0.2) is 118 Å². The largest absolute Gasteiger partial charge is 0.481 e. The summed E-state index contributed by atoms with van der Waals surface area (Å²) in [6, 6.07) is -4.37. The molecule has 0 unspecified atom stereocenters. The number of hydrogen-bond acceptors (Lipinski definition) is 13. The van der Waals surface area contributed by atoms with Gasteiger partial charge < -0.3 is 46.1 Å². The number of carboxylic acids is 3. The van der Waals surface area contributed by atoms with Gasteiger partial charge in [0.25, 0.3) is 1.43 Å². The summed E-state index contributed by atoms with van der Waals surface area (Å²) < 4.78 is 18.4. The minimum Gasteiger partial charge on any atom is -0.481 e. The third-order valence-electron chi connectivity index (χ3n) is 14.9. The Morgan fingerprint density at radius 3 is 1.22 bits per heavy atom. The minimum atomic E-state index is -1.64. The Kier molecular flexibility index (Phi) is 52.3. The van der Waals surface area contributed by atoms with Gasteiger partial charge in [0.2, 0.25) is 23.6 Å². The Balaban J connectivity index is 5.88. The molecule has 0 saturated heterocycles. The van der Waals surface area contributed by atoms with Gasteiger partial charge in [-0.3, -0.25) is 38.4 Å². The second-order valence-electron chi connectivity index (χ2n) is 22.8. The summed E-state index contributed by atoms with van der Waals surface area (Å²) in [5.41, 5.74) is 0. The van der Waals surface area contributed by atoms with Crippen molar-refractivity contribution >= 4 is 65.2 Å². The van der Waals surface area contributed by atoms with Crippen molar-refractivity contribution in [1.29, 1.82) is 1.43 Å². The zero-order valence-corrected chi connectivity index (χ0v) is 52.8. The Bertz CT molecular complexity index is 1750. The van der Waals surface area contributed by atoms with Crippen molar-refractivity contribution in [2.24, 2.45) is 0 Å². The van der Waals surface area contributed by atoms with Crippen LogP contribution in [0.3, 0.4) is 0 Å². The smallest absolute Gasteiger partial charge is 0.326 e. The number of rotatable bonds is 61. The van der Waals surface area contributed by atoms with Gasteiger partial charge in [0.15, 0.2) is 0 Å². The molecule has 0 aromatic carbocycles. The van der Waals surface area contributed by atoms with Gasteiger partial charge in [-0.1, -0.05) is 239 Å². The number of esters is 2. The number of carboxylic acid groups (broad SMARTS) is 3. The normalized spacial score (nSPS) is 12.7. The van der Waals surface area contributed by atoms with Gasteiger partial charge in [0.05, 0.1) is 6.54 Å². The molecule has 482 valence electrons. The molecule has 7 N–H and O–H groups in total. The van der Waals surface area contributed by atoms with Crippen LogP contribution in [0.2, 0.25) is 0 Å². The van der Waals surface area contributed by atoms with E-state index in [0.717, 1.165) is 64.2 Å². The Morgan fingerprint density at radius 2 is 0.795 bits per heavy atom. The van der Waals surface area contributed by atoms with Crippen molar-refractivity contribution in [1.82, 2.24) is 21.3 Å². The first-order chi connectivity index (χ1) is 40.7. The van der Waals surface area contributed by atoms with Crippen LogP contribution in [0, 0.1) is 0 Å². The topological polar surface area (TPSA) is 281 Å². The summed E-state index contributed by atoms with van der Waals surface area (Å²) in [6.07, 6.45) is 40.2. The van der Waals surface area contributed by atoms with Crippen molar-refractivity contribution < 1.29 is 67.9 Å². The lowest BCUT2D eigenvalue weighted by Gasteiger charge is -2.22. The molecule has 0 aromatic heterocycles. The van der Waals surface area contributed by atoms with Crippen LogP contribution in [0.1, 0.15) is 303 Å². The molecule has 0 spiro atoms. The van der Waals surface area contributed by atoms with Gasteiger partial charge in [-0.05, 0) is 32.1 Å². The standard InChI is InChI=1S/C64H116N4O14S/c1-4-7-10-13-16-19-22-24-27-30-33-36-39-42-60(75)81-49-52(82-61(76)43-40-37-34-31-28-25-23-20-17-14-11-8-5-2)50-83-51-55(67-56(69)41-38-35-32-29-26-21-18-15-12-9-6-3)62(77)65-48-57(70)66-53(44-46-58(71)72)63(78)68-54(64(79)80)45-47-59(73)74/h52-55H,4-51H2,1-3H3,(H,65,77)(H,66,70)(H,67,69)(H,68,78)(H,71,72)(H,73,74)(H,79,80)/t52-,53+,54+,55+/m1/s1/i/hD. The Labute approximate surface area is 506 Å². The van der Waals surface area contributed by atoms with Crippen LogP contribution in [-0.2, 0) is 52.6 Å². The Morgan fingerprint density at radius 1 is 0.410 bits per heavy atom. The van der Waals surface area contributed by atoms with E-state index in [9.17, 15) is 48.3 Å². The number of carbonyl (C=O) groups is 9. The number of ether oxygens (including phenoxy) is 2. The van der Waals surface area contributed by atoms with Gasteiger partial charge in [-0.2, -0.15) is 11.8 Å². The zero-order valence-electron chi connectivity index (χ0n) is 53.0. The molecule has 0 aliphatic heterocycles. The lowest BCUT2D eigenvalue weighted by atomic mass is 10.0. The summed E-state index contributed by atoms with van der Waals surface area (Å²) in [5, 5.41) is 32.4. The molecule has 0 aromatic rings. The fraction of sp³-hybridized carbons (Fsp3) is 0.859. The first-order valence-electron chi connectivity index (χ1n) is 33.3. The number of carbonyl (C=O) groups excluding carboxylic acids is 6. The van der Waals surface area contributed by atoms with E-state index < -0.39 is 98.1 Å². The highest BCUT2D eigenvalue weighted by molar-refractivity contribution is 7.99. The lowest BCUT2D eigenvalue weighted by molar-refractivity contribution is -0.157. The molecule has 83 heavy (non-hydrogen) atoms. The predicted molar refractivity (Wildman–Crippen MR) is 330 cm³/mol. The van der Waals surface area contributed by atoms with E-state index in [-0.39, 0.29) is 49.3 Å². The number of thioether (sulfide) groups is 1. The second-order valence-corrected chi connectivity index (χ2v) is 23.9. The molecular weight excluding hydrogens is 1080 g/mol. The fourth-order valence-electron chi connectivity index (χ4n) is 9.77. The molecule has 0 aliphatic carbocycles. The second kappa shape index (κ2) is 56.7. The van der Waals surface area contributed by atoms with Gasteiger partial charge in [-0.25, -0.2) is 4.79 Å². The molecule has 0 radical (unpaired) electrons. The maximum Gasteiger partial charge on any atom is 0.326 e. The molecule has 0 bridgehead atoms. The van der Waals surface area contributed by atoms with E-state index in [4.69, 9.17) is 16.0 Å². The third-order valence-corrected chi connectivity index (χ3v) is 16.1. The molecule has 0 aliphatic rings. The molecule has 4 atom stereocenters. The number of amides is 4. The van der Waals surface area contributed by atoms with Crippen molar-refractivity contribution in [2.45, 2.75) is 328 Å². The van der Waals surface area contributed by atoms with Crippen molar-refractivity contribution in [3.05, 3.63) is 0 Å². The maximum absolute atomic E-state index is 13.9. The summed E-state index contributed by atoms with van der Waals surface area (Å²) >= 11 is 1.20. The van der Waals surface area contributed by atoms with E-state index in [0.29, 0.717) is 19.3 Å². The average molecular weight is 1200 g/mol. The average Bonchev–Trinajstić information content (AvgIpc) is 3.67. The first-order valence-corrected chi connectivity index (χ1v) is 34.0. The number of nitrogens with one attached hydrogen (secondary N) is 4. The minimum absolute atomic E-state index is 0.0234. The molecule has 0 fully saturated rings. The monoisotopic (exact) mass is 1200 g/mol. The molecule has 4 amide bonds. The highest BCUT2D eigenvalue weighted by Gasteiger charge is 2.29. The van der Waals surface area contributed by atoms with Crippen molar-refractivity contribution in [3.63, 3.8) is 0 Å². The fourth-order valence-corrected chi connectivity index (χ4v) is 10.8. The van der Waals surface area contributed by atoms with Crippen LogP contribution in [0.5, 0.6) is 0 Å². The van der Waals surface area contributed by atoms with E-state index in [1.807, 2.05) is 0 Å². The summed E-state index contributed by atoms with van der Waals surface area (Å²) in [4.78, 5) is 115. The van der Waals surface area contributed by atoms with E-state index in [1.54, 1.807) is 0 Å². The molecule has 19 heteroatoms. The van der Waals surface area contributed by atoms with Crippen LogP contribution < -0.4 is 21.3 Å². The quantitative estimate of drug-likeness (QED) is 0.0220. The van der Waals surface area contributed by atoms with Gasteiger partial charge >= 0.3 is 29.8 Å². The summed E-state index contributed by atoms with van der Waals surface area (Å²) in [6.45, 7) is 5.77. The van der Waals surface area contributed by atoms with Gasteiger partial charge in [0.1, 0.15) is 30.8 Å². The van der Waals surface area contributed by atoms with Crippen molar-refractivity contribution in [2.75, 3.05) is 24.7 Å². The molecule has 0 heterocycles. The molecular formula is C64H116N4O14S. The summed E-state index contributed by atoms with van der Waals surface area (Å²) in [7, 11) is 0. The molecule has 18 nitrogen and oxygen atoms in total. The number of hydrogen-bond donors (Lipinski definition) is 7. The van der Waals surface area contributed by atoms with E-state index >= 15 is 0 Å². The highest BCUT2D eigenvalue weighted by Crippen LogP contribution is 2.18. The maximum atomic E-state index is 13.9. The molecule has 0 saturated carbocycles. The van der Waals surface area contributed by atoms with E-state index in [1.165, 1.54) is 166 Å². The van der Waals surface area contributed by atoms with Crippen LogP contribution >= 0.6 is 11.8 Å². The molecule has 0 rings (SSSR count). The van der Waals surface area contributed by atoms with Crippen LogP contribution in [0.25, 0.3) is 1.43 Å². The zero-order chi connectivity index (χ0) is 62.1. The number of aliphatic carboxylic acids is 3. The summed E-state index contributed by atoms with van der Waals surface area (Å²) in [5.74, 6) is -7.69. The predicted octanol–water partition coefficient (Wildman–Crippen LogP) is 13.2. The Hall–Kier alpha value is -4.42. The van der Waals surface area contributed by atoms with E-state index in [2.05, 4.69) is 47.1 Å². The van der Waals surface area contributed by atoms with Crippen molar-refractivity contribution in [3.8, 4) is 0 Å². The van der Waals surface area contributed by atoms with Gasteiger partial charge in [0, 0.05) is 43.6 Å². The van der Waals surface area contributed by atoms with Crippen LogP contribution in [0.4, 0.5) is 0 Å². The van der Waals surface area contributed by atoms with Gasteiger partial charge in [-0.15, -0.1) is 0 Å². The number of unbranched alkanes of at least 4 members (excludes halogenated alkanes) is 34. The lowest BCUT2D eigenvalue weighted by Crippen LogP contribution is -2.54. The first kappa shape index (κ1) is 76.6. The third kappa shape index (κ3) is 51.7. The highest BCUT2D eigenvalue weighted by atomic mass is 32.2. The SMILES string of the molecule is [2H]OC(=O)CC[C@H](NC(=O)CNC(=O)[C@H](CSC[C@@H](COC(=O)CCCCCCCCCCCCCCC)OC(=O)CCCCCCCCCCCCCCC)NC(=O)CCCCCCCCCCCCC)C(=O)N[C@@H](CCC(=O)O)C(=O)O.